The van der Waals surface area contributed by atoms with Gasteiger partial charge in [0.05, 0.1) is 0 Å². The maximum absolute atomic E-state index is 11.1. The van der Waals surface area contributed by atoms with Crippen LogP contribution in [0.3, 0.4) is 0 Å². The molecule has 0 aromatic carbocycles. The molecule has 0 radical (unpaired) electrons. The van der Waals surface area contributed by atoms with Gasteiger partial charge in [-0.05, 0) is 5.92 Å². The van der Waals surface area contributed by atoms with Gasteiger partial charge in [0.2, 0.25) is 0 Å². The van der Waals surface area contributed by atoms with E-state index in [-0.39, 0.29) is 13.1 Å². The van der Waals surface area contributed by atoms with Crippen molar-refractivity contribution in [1.82, 2.24) is 5.32 Å². The van der Waals surface area contributed by atoms with E-state index in [4.69, 9.17) is 11.5 Å². The Labute approximate surface area is 69.6 Å². The third kappa shape index (κ3) is 1.18. The molecule has 0 aromatic rings. The number of nitrogens with one attached hydrogen (secondary N) is 1. The molecule has 1 aliphatic rings. The van der Waals surface area contributed by atoms with Crippen LogP contribution in [0.2, 0.25) is 0 Å². The minimum Gasteiger partial charge on any atom is -0.347 e. The molecule has 2 N–H and O–H groups in total. The number of nitrogens with zero attached hydrogens (tertiary/aromatic N) is 1. The van der Waals surface area contributed by atoms with Crippen molar-refractivity contribution in [2.75, 3.05) is 19.8 Å². The van der Waals surface area contributed by atoms with E-state index in [1.807, 2.05) is 0 Å². The molecule has 0 saturated carbocycles. The molecule has 0 bridgehead atoms. The summed E-state index contributed by atoms with van der Waals surface area (Å²) in [5.41, 5.74) is 0. The topological polar surface area (TPSA) is 66.4 Å². The quantitative estimate of drug-likeness (QED) is 0.304. The fraction of sp³-hybridized carbons (Fsp3) is 0.429. The van der Waals surface area contributed by atoms with Crippen molar-refractivity contribution in [3.05, 3.63) is 0 Å². The highest BCUT2D eigenvalue weighted by molar-refractivity contribution is 5.97. The van der Waals surface area contributed by atoms with E-state index < -0.39 is 23.2 Å². The molecule has 1 atom stereocenters. The van der Waals surface area contributed by atoms with Gasteiger partial charge in [-0.2, -0.15) is 4.48 Å². The van der Waals surface area contributed by atoms with Gasteiger partial charge in [0.15, 0.2) is 19.8 Å². The Morgan fingerprint density at radius 1 is 1.67 bits per heavy atom. The number of carbonyl (C=O) groups excluding carboxylic acids is 2. The molecule has 1 unspecified atom stereocenters. The highest BCUT2D eigenvalue weighted by atomic mass is 16.3. The standard InChI is InChI=1S/C7H8N2O3/c1-2-3-9(5-10)4-6(11)8-7(9)12/h1,10H,3-5H2/p+1. The molecular formula is C7H9N2O3+. The van der Waals surface area contributed by atoms with Crippen LogP contribution in [-0.4, -0.2) is 41.3 Å². The van der Waals surface area contributed by atoms with Gasteiger partial charge in [0, 0.05) is 0 Å². The second-order valence-electron chi connectivity index (χ2n) is 2.66. The normalized spacial score (nSPS) is 28.3. The van der Waals surface area contributed by atoms with Crippen LogP contribution < -0.4 is 5.32 Å². The molecule has 1 rings (SSSR count). The molecule has 5 nitrogen and oxygen atoms in total. The summed E-state index contributed by atoms with van der Waals surface area (Å²) < 4.78 is -0.394. The Morgan fingerprint density at radius 2 is 2.33 bits per heavy atom. The minimum absolute atomic E-state index is 0.0358. The van der Waals surface area contributed by atoms with Crippen LogP contribution in [0.4, 0.5) is 4.79 Å². The average molecular weight is 169 g/mol. The Bertz CT molecular complexity index is 268. The first-order chi connectivity index (χ1) is 5.64. The number of aliphatic hydroxyl groups excluding tert-OH is 1. The predicted octanol–water partition coefficient (Wildman–Crippen LogP) is -1.36. The zero-order chi connectivity index (χ0) is 9.19. The number of urea groups is 1. The van der Waals surface area contributed by atoms with Gasteiger partial charge in [-0.1, -0.05) is 0 Å². The largest absolute Gasteiger partial charge is 0.426 e. The van der Waals surface area contributed by atoms with Crippen LogP contribution in [0.5, 0.6) is 0 Å². The Kier molecular flexibility index (Phi) is 2.13. The van der Waals surface area contributed by atoms with Crippen molar-refractivity contribution in [3.8, 4) is 12.3 Å². The van der Waals surface area contributed by atoms with Crippen LogP contribution in [0.1, 0.15) is 0 Å². The summed E-state index contributed by atoms with van der Waals surface area (Å²) in [7, 11) is 0. The van der Waals surface area contributed by atoms with Gasteiger partial charge in [0.1, 0.15) is 0 Å². The molecule has 3 amide bonds. The molecular weight excluding hydrogens is 160 g/mol. The van der Waals surface area contributed by atoms with E-state index in [1.165, 1.54) is 0 Å². The Hall–Kier alpha value is -1.38. The van der Waals surface area contributed by atoms with E-state index in [9.17, 15) is 9.59 Å². The Morgan fingerprint density at radius 3 is 2.67 bits per heavy atom. The molecule has 0 aromatic heterocycles. The number of hydrogen-bond donors (Lipinski definition) is 2. The number of rotatable bonds is 2. The highest BCUT2D eigenvalue weighted by Crippen LogP contribution is 2.10. The highest BCUT2D eigenvalue weighted by Gasteiger charge is 2.45. The van der Waals surface area contributed by atoms with E-state index in [1.54, 1.807) is 0 Å². The number of aliphatic hydroxyl groups is 1. The lowest BCUT2D eigenvalue weighted by atomic mass is 10.4. The molecule has 5 heteroatoms. The molecule has 64 valence electrons. The van der Waals surface area contributed by atoms with Crippen molar-refractivity contribution in [1.29, 1.82) is 0 Å². The molecule has 1 fully saturated rings. The predicted molar refractivity (Wildman–Crippen MR) is 39.5 cm³/mol. The SMILES string of the molecule is C#CC[N+]1(CO)CC(=O)NC1=O. The van der Waals surface area contributed by atoms with Crippen LogP contribution in [0, 0.1) is 12.3 Å². The van der Waals surface area contributed by atoms with Gasteiger partial charge < -0.3 is 5.11 Å². The van der Waals surface area contributed by atoms with Crippen molar-refractivity contribution >= 4 is 11.9 Å². The number of carbonyl (C=O) groups is 2. The summed E-state index contributed by atoms with van der Waals surface area (Å²) >= 11 is 0. The van der Waals surface area contributed by atoms with Crippen LogP contribution in [-0.2, 0) is 4.79 Å². The first-order valence-corrected chi connectivity index (χ1v) is 3.39. The summed E-state index contributed by atoms with van der Waals surface area (Å²) in [5, 5.41) is 11.0. The van der Waals surface area contributed by atoms with Gasteiger partial charge in [0.25, 0.3) is 5.91 Å². The van der Waals surface area contributed by atoms with Crippen molar-refractivity contribution in [2.24, 2.45) is 0 Å². The second kappa shape index (κ2) is 2.93. The smallest absolute Gasteiger partial charge is 0.347 e. The monoisotopic (exact) mass is 169 g/mol. The zero-order valence-electron chi connectivity index (χ0n) is 6.41. The molecule has 0 spiro atoms. The van der Waals surface area contributed by atoms with Crippen molar-refractivity contribution in [2.45, 2.75) is 0 Å². The van der Waals surface area contributed by atoms with Crippen LogP contribution >= 0.6 is 0 Å². The van der Waals surface area contributed by atoms with Gasteiger partial charge in [-0.25, -0.2) is 10.1 Å². The third-order valence-corrected chi connectivity index (χ3v) is 1.79. The summed E-state index contributed by atoms with van der Waals surface area (Å²) in [6.45, 7) is -0.477. The maximum atomic E-state index is 11.1. The lowest BCUT2D eigenvalue weighted by Crippen LogP contribution is -2.51. The summed E-state index contributed by atoms with van der Waals surface area (Å²) in [6.07, 6.45) is 5.01. The minimum atomic E-state index is -0.527. The molecule has 12 heavy (non-hydrogen) atoms. The van der Waals surface area contributed by atoms with Gasteiger partial charge >= 0.3 is 6.03 Å². The number of amides is 3. The van der Waals surface area contributed by atoms with E-state index in [2.05, 4.69) is 11.2 Å². The van der Waals surface area contributed by atoms with E-state index in [0.29, 0.717) is 0 Å². The second-order valence-corrected chi connectivity index (χ2v) is 2.66. The fourth-order valence-corrected chi connectivity index (χ4v) is 1.09. The molecule has 1 heterocycles. The van der Waals surface area contributed by atoms with Crippen LogP contribution in [0.15, 0.2) is 0 Å². The van der Waals surface area contributed by atoms with Gasteiger partial charge in [-0.15, -0.1) is 6.42 Å². The Balaban J connectivity index is 2.87. The lowest BCUT2D eigenvalue weighted by Gasteiger charge is -2.22. The van der Waals surface area contributed by atoms with E-state index >= 15 is 0 Å². The maximum Gasteiger partial charge on any atom is 0.426 e. The van der Waals surface area contributed by atoms with Crippen LogP contribution in [0.25, 0.3) is 0 Å². The summed E-state index contributed by atoms with van der Waals surface area (Å²) in [5.74, 6) is 1.85. The van der Waals surface area contributed by atoms with Crippen molar-refractivity contribution < 1.29 is 19.2 Å². The fourth-order valence-electron chi connectivity index (χ4n) is 1.09. The summed E-state index contributed by atoms with van der Waals surface area (Å²) in [6, 6.07) is -0.527. The average Bonchev–Trinajstić information content (AvgIpc) is 2.28. The van der Waals surface area contributed by atoms with E-state index in [0.717, 1.165) is 0 Å². The number of terminal acetylenes is 1. The zero-order valence-corrected chi connectivity index (χ0v) is 6.41. The van der Waals surface area contributed by atoms with Gasteiger partial charge in [-0.3, -0.25) is 4.79 Å². The number of imide groups is 1. The molecule has 0 aliphatic carbocycles. The third-order valence-electron chi connectivity index (χ3n) is 1.79. The molecule has 1 saturated heterocycles. The first kappa shape index (κ1) is 8.71. The number of hydrogen-bond acceptors (Lipinski definition) is 3. The first-order valence-electron chi connectivity index (χ1n) is 3.39. The number of quaternary nitrogens is 1. The lowest BCUT2D eigenvalue weighted by molar-refractivity contribution is -0.849. The van der Waals surface area contributed by atoms with Crippen molar-refractivity contribution in [3.63, 3.8) is 0 Å². The molecule has 1 aliphatic heterocycles. The summed E-state index contributed by atoms with van der Waals surface area (Å²) in [4.78, 5) is 21.9.